The maximum Gasteiger partial charge on any atom is 0.228 e. The number of hydrogen-bond acceptors (Lipinski definition) is 5. The zero-order valence-corrected chi connectivity index (χ0v) is 15.9. The molecule has 0 spiro atoms. The third-order valence-electron chi connectivity index (χ3n) is 4.20. The third-order valence-corrected chi connectivity index (χ3v) is 5.14. The first-order valence-corrected chi connectivity index (χ1v) is 8.30. The third kappa shape index (κ3) is 4.66. The largest absolute Gasteiger partial charge is 0.342 e. The van der Waals surface area contributed by atoms with Crippen molar-refractivity contribution in [1.82, 2.24) is 14.9 Å². The van der Waals surface area contributed by atoms with Gasteiger partial charge in [0.1, 0.15) is 5.01 Å². The van der Waals surface area contributed by atoms with Crippen LogP contribution in [0, 0.1) is 5.41 Å². The van der Waals surface area contributed by atoms with Crippen molar-refractivity contribution in [2.75, 3.05) is 19.6 Å². The molecule has 1 aliphatic heterocycles. The molecule has 2 aromatic heterocycles. The van der Waals surface area contributed by atoms with Gasteiger partial charge in [-0.15, -0.1) is 36.2 Å². The summed E-state index contributed by atoms with van der Waals surface area (Å²) in [4.78, 5) is 23.0. The lowest BCUT2D eigenvalue weighted by molar-refractivity contribution is -0.129. The van der Waals surface area contributed by atoms with Crippen LogP contribution in [0.2, 0.25) is 0 Å². The van der Waals surface area contributed by atoms with Crippen molar-refractivity contribution < 1.29 is 4.79 Å². The van der Waals surface area contributed by atoms with Crippen molar-refractivity contribution in [2.24, 2.45) is 11.1 Å². The van der Waals surface area contributed by atoms with Crippen molar-refractivity contribution >= 4 is 42.1 Å². The molecule has 1 amide bonds. The quantitative estimate of drug-likeness (QED) is 0.873. The first-order valence-electron chi connectivity index (χ1n) is 7.42. The number of hydrogen-bond donors (Lipinski definition) is 1. The molecule has 2 N–H and O–H groups in total. The number of nitrogens with two attached hydrogens (primary N) is 1. The predicted molar refractivity (Wildman–Crippen MR) is 102 cm³/mol. The minimum Gasteiger partial charge on any atom is -0.342 e. The van der Waals surface area contributed by atoms with Gasteiger partial charge >= 0.3 is 0 Å². The predicted octanol–water partition coefficient (Wildman–Crippen LogP) is 2.79. The molecular formula is C16H22Cl2N4OS. The second kappa shape index (κ2) is 8.76. The molecule has 1 fully saturated rings. The highest BCUT2D eigenvalue weighted by atomic mass is 35.5. The van der Waals surface area contributed by atoms with Crippen LogP contribution in [0.4, 0.5) is 0 Å². The van der Waals surface area contributed by atoms with E-state index >= 15 is 0 Å². The standard InChI is InChI=1S/C16H20N4OS.2ClH/c1-16(10-17)4-6-20(11-16)14(21)7-13-9-22-15(19-13)12-3-2-5-18-8-12;;/h2-3,5,8-9H,4,6-7,10-11,17H2,1H3;2*1H. The Morgan fingerprint density at radius 1 is 1.46 bits per heavy atom. The summed E-state index contributed by atoms with van der Waals surface area (Å²) in [6.45, 7) is 4.32. The van der Waals surface area contributed by atoms with Crippen LogP contribution in [-0.4, -0.2) is 40.4 Å². The maximum absolute atomic E-state index is 12.4. The van der Waals surface area contributed by atoms with Gasteiger partial charge in [-0.05, 0) is 30.5 Å². The lowest BCUT2D eigenvalue weighted by atomic mass is 9.90. The van der Waals surface area contributed by atoms with E-state index in [1.807, 2.05) is 22.4 Å². The van der Waals surface area contributed by atoms with Gasteiger partial charge in [0.15, 0.2) is 0 Å². The molecule has 2 aromatic rings. The molecule has 132 valence electrons. The van der Waals surface area contributed by atoms with Crippen LogP contribution in [0.15, 0.2) is 29.9 Å². The second-order valence-electron chi connectivity index (χ2n) is 6.14. The van der Waals surface area contributed by atoms with Crippen molar-refractivity contribution in [3.63, 3.8) is 0 Å². The topological polar surface area (TPSA) is 72.1 Å². The van der Waals surface area contributed by atoms with E-state index in [0.29, 0.717) is 13.0 Å². The summed E-state index contributed by atoms with van der Waals surface area (Å²) in [5.74, 6) is 0.139. The summed E-state index contributed by atoms with van der Waals surface area (Å²) >= 11 is 1.55. The molecule has 3 rings (SSSR count). The monoisotopic (exact) mass is 388 g/mol. The minimum atomic E-state index is 0. The van der Waals surface area contributed by atoms with Gasteiger partial charge in [0, 0.05) is 36.4 Å². The fourth-order valence-corrected chi connectivity index (χ4v) is 3.49. The van der Waals surface area contributed by atoms with Crippen molar-refractivity contribution in [1.29, 1.82) is 0 Å². The van der Waals surface area contributed by atoms with Gasteiger partial charge in [-0.25, -0.2) is 4.98 Å². The van der Waals surface area contributed by atoms with Gasteiger partial charge in [-0.2, -0.15) is 0 Å². The van der Waals surface area contributed by atoms with E-state index in [0.717, 1.165) is 35.8 Å². The Labute approximate surface area is 158 Å². The van der Waals surface area contributed by atoms with Gasteiger partial charge < -0.3 is 10.6 Å². The Hall–Kier alpha value is -1.21. The number of aromatic nitrogens is 2. The Balaban J connectivity index is 0.00000144. The average Bonchev–Trinajstić information content (AvgIpc) is 3.16. The molecule has 1 atom stereocenters. The number of carbonyl (C=O) groups excluding carboxylic acids is 1. The fourth-order valence-electron chi connectivity index (χ4n) is 2.68. The molecule has 0 radical (unpaired) electrons. The molecule has 3 heterocycles. The normalized spacial score (nSPS) is 19.5. The van der Waals surface area contributed by atoms with E-state index in [2.05, 4.69) is 16.9 Å². The molecular weight excluding hydrogens is 367 g/mol. The average molecular weight is 389 g/mol. The maximum atomic E-state index is 12.4. The molecule has 0 saturated carbocycles. The first kappa shape index (κ1) is 20.8. The molecule has 0 bridgehead atoms. The number of thiazole rings is 1. The van der Waals surface area contributed by atoms with Crippen LogP contribution in [0.3, 0.4) is 0 Å². The summed E-state index contributed by atoms with van der Waals surface area (Å²) in [5, 5.41) is 2.86. The van der Waals surface area contributed by atoms with E-state index in [-0.39, 0.29) is 36.1 Å². The van der Waals surface area contributed by atoms with E-state index in [4.69, 9.17) is 5.73 Å². The molecule has 24 heavy (non-hydrogen) atoms. The molecule has 0 aromatic carbocycles. The zero-order chi connectivity index (χ0) is 15.6. The van der Waals surface area contributed by atoms with Crippen LogP contribution >= 0.6 is 36.2 Å². The number of likely N-dealkylation sites (tertiary alicyclic amines) is 1. The molecule has 1 saturated heterocycles. The Morgan fingerprint density at radius 2 is 2.25 bits per heavy atom. The smallest absolute Gasteiger partial charge is 0.228 e. The molecule has 1 aliphatic rings. The highest BCUT2D eigenvalue weighted by Gasteiger charge is 2.34. The summed E-state index contributed by atoms with van der Waals surface area (Å²) in [6.07, 6.45) is 4.87. The summed E-state index contributed by atoms with van der Waals surface area (Å²) in [7, 11) is 0. The number of halogens is 2. The van der Waals surface area contributed by atoms with Gasteiger partial charge in [-0.1, -0.05) is 6.92 Å². The highest BCUT2D eigenvalue weighted by Crippen LogP contribution is 2.29. The van der Waals surface area contributed by atoms with Crippen molar-refractivity contribution in [3.05, 3.63) is 35.6 Å². The number of carbonyl (C=O) groups is 1. The lowest BCUT2D eigenvalue weighted by Gasteiger charge is -2.22. The molecule has 0 aliphatic carbocycles. The van der Waals surface area contributed by atoms with Crippen LogP contribution in [0.25, 0.3) is 10.6 Å². The summed E-state index contributed by atoms with van der Waals surface area (Å²) in [6, 6.07) is 3.87. The Bertz CT molecular complexity index is 667. The van der Waals surface area contributed by atoms with E-state index in [9.17, 15) is 4.79 Å². The lowest BCUT2D eigenvalue weighted by Crippen LogP contribution is -2.35. The fraction of sp³-hybridized carbons (Fsp3) is 0.438. The van der Waals surface area contributed by atoms with Crippen LogP contribution in [-0.2, 0) is 11.2 Å². The van der Waals surface area contributed by atoms with Crippen LogP contribution in [0.5, 0.6) is 0 Å². The molecule has 1 unspecified atom stereocenters. The summed E-state index contributed by atoms with van der Waals surface area (Å²) in [5.41, 5.74) is 7.68. The van der Waals surface area contributed by atoms with Crippen LogP contribution in [0.1, 0.15) is 19.0 Å². The van der Waals surface area contributed by atoms with Gasteiger partial charge in [-0.3, -0.25) is 9.78 Å². The Morgan fingerprint density at radius 3 is 2.88 bits per heavy atom. The molecule has 8 heteroatoms. The van der Waals surface area contributed by atoms with Gasteiger partial charge in [0.25, 0.3) is 0 Å². The van der Waals surface area contributed by atoms with Gasteiger partial charge in [0.2, 0.25) is 5.91 Å². The van der Waals surface area contributed by atoms with E-state index in [1.54, 1.807) is 23.7 Å². The number of nitrogens with zero attached hydrogens (tertiary/aromatic N) is 3. The van der Waals surface area contributed by atoms with E-state index in [1.165, 1.54) is 0 Å². The summed E-state index contributed by atoms with van der Waals surface area (Å²) < 4.78 is 0. The minimum absolute atomic E-state index is 0. The van der Waals surface area contributed by atoms with Crippen molar-refractivity contribution in [2.45, 2.75) is 19.8 Å². The number of rotatable bonds is 4. The number of amides is 1. The Kier molecular flexibility index (Phi) is 7.60. The molecule has 5 nitrogen and oxygen atoms in total. The SMILES string of the molecule is CC1(CN)CCN(C(=O)Cc2csc(-c3cccnc3)n2)C1.Cl.Cl. The highest BCUT2D eigenvalue weighted by molar-refractivity contribution is 7.13. The van der Waals surface area contributed by atoms with Crippen LogP contribution < -0.4 is 5.73 Å². The van der Waals surface area contributed by atoms with E-state index < -0.39 is 0 Å². The second-order valence-corrected chi connectivity index (χ2v) is 7.00. The zero-order valence-electron chi connectivity index (χ0n) is 13.5. The first-order chi connectivity index (χ1) is 10.6. The number of pyridine rings is 1. The van der Waals surface area contributed by atoms with Gasteiger partial charge in [0.05, 0.1) is 12.1 Å². The van der Waals surface area contributed by atoms with Crippen molar-refractivity contribution in [3.8, 4) is 10.6 Å².